The second kappa shape index (κ2) is 7.00. The molecule has 0 atom stereocenters. The van der Waals surface area contributed by atoms with E-state index in [0.29, 0.717) is 11.7 Å². The van der Waals surface area contributed by atoms with Crippen LogP contribution < -0.4 is 5.32 Å². The van der Waals surface area contributed by atoms with E-state index in [1.807, 2.05) is 13.2 Å². The summed E-state index contributed by atoms with van der Waals surface area (Å²) < 4.78 is 0. The van der Waals surface area contributed by atoms with Crippen molar-refractivity contribution in [3.05, 3.63) is 12.0 Å². The molecule has 0 saturated carbocycles. The molecule has 0 aliphatic rings. The SMILES string of the molecule is CCN=C(N/C(O)=C\CO)SC. The molecule has 70 valence electrons. The van der Waals surface area contributed by atoms with Crippen LogP contribution in [0.2, 0.25) is 0 Å². The lowest BCUT2D eigenvalue weighted by Crippen LogP contribution is -2.19. The summed E-state index contributed by atoms with van der Waals surface area (Å²) in [5, 5.41) is 20.8. The van der Waals surface area contributed by atoms with Gasteiger partial charge in [-0.1, -0.05) is 11.8 Å². The van der Waals surface area contributed by atoms with Crippen LogP contribution in [0.4, 0.5) is 0 Å². The minimum absolute atomic E-state index is 0.0703. The van der Waals surface area contributed by atoms with Gasteiger partial charge in [0.25, 0.3) is 0 Å². The fourth-order valence-electron chi connectivity index (χ4n) is 0.546. The van der Waals surface area contributed by atoms with E-state index in [-0.39, 0.29) is 12.5 Å². The number of thioether (sulfide) groups is 1. The molecule has 0 rings (SSSR count). The third kappa shape index (κ3) is 5.03. The average molecular weight is 190 g/mol. The van der Waals surface area contributed by atoms with Gasteiger partial charge in [0.05, 0.1) is 6.61 Å². The first-order chi connectivity index (χ1) is 5.74. The third-order valence-electron chi connectivity index (χ3n) is 1.01. The molecule has 0 spiro atoms. The van der Waals surface area contributed by atoms with Crippen molar-refractivity contribution in [2.75, 3.05) is 19.4 Å². The summed E-state index contributed by atoms with van der Waals surface area (Å²) >= 11 is 1.41. The Morgan fingerprint density at radius 1 is 1.67 bits per heavy atom. The molecule has 0 amide bonds. The first-order valence-corrected chi connectivity index (χ1v) is 4.82. The number of aliphatic hydroxyl groups is 2. The van der Waals surface area contributed by atoms with Crippen molar-refractivity contribution < 1.29 is 10.2 Å². The molecular formula is C7H14N2O2S. The zero-order chi connectivity index (χ0) is 9.40. The van der Waals surface area contributed by atoms with Gasteiger partial charge in [0.15, 0.2) is 11.1 Å². The van der Waals surface area contributed by atoms with Crippen molar-refractivity contribution in [2.24, 2.45) is 4.99 Å². The summed E-state index contributed by atoms with van der Waals surface area (Å²) in [6.45, 7) is 2.38. The average Bonchev–Trinajstić information content (AvgIpc) is 2.04. The zero-order valence-electron chi connectivity index (χ0n) is 7.24. The van der Waals surface area contributed by atoms with Gasteiger partial charge in [-0.25, -0.2) is 0 Å². The van der Waals surface area contributed by atoms with Crippen molar-refractivity contribution in [1.29, 1.82) is 0 Å². The van der Waals surface area contributed by atoms with E-state index in [1.54, 1.807) is 0 Å². The van der Waals surface area contributed by atoms with E-state index in [2.05, 4.69) is 10.3 Å². The van der Waals surface area contributed by atoms with Crippen molar-refractivity contribution in [3.63, 3.8) is 0 Å². The number of nitrogens with zero attached hydrogens (tertiary/aromatic N) is 1. The van der Waals surface area contributed by atoms with Crippen LogP contribution in [0, 0.1) is 0 Å². The zero-order valence-corrected chi connectivity index (χ0v) is 8.06. The van der Waals surface area contributed by atoms with Gasteiger partial charge in [0.1, 0.15) is 0 Å². The van der Waals surface area contributed by atoms with Gasteiger partial charge in [0, 0.05) is 12.6 Å². The summed E-state index contributed by atoms with van der Waals surface area (Å²) in [6, 6.07) is 0. The topological polar surface area (TPSA) is 64.9 Å². The van der Waals surface area contributed by atoms with E-state index >= 15 is 0 Å². The Balaban J connectivity index is 4.02. The van der Waals surface area contributed by atoms with Crippen LogP contribution in [0.5, 0.6) is 0 Å². The van der Waals surface area contributed by atoms with E-state index in [1.165, 1.54) is 17.8 Å². The minimum Gasteiger partial charge on any atom is -0.495 e. The van der Waals surface area contributed by atoms with Crippen molar-refractivity contribution >= 4 is 16.9 Å². The molecule has 0 aliphatic heterocycles. The molecule has 0 heterocycles. The highest BCUT2D eigenvalue weighted by Gasteiger charge is 1.96. The number of nitrogens with one attached hydrogen (secondary N) is 1. The number of aliphatic hydroxyl groups excluding tert-OH is 2. The van der Waals surface area contributed by atoms with Gasteiger partial charge < -0.3 is 15.5 Å². The molecule has 0 saturated heterocycles. The molecule has 0 radical (unpaired) electrons. The van der Waals surface area contributed by atoms with Gasteiger partial charge in [-0.2, -0.15) is 0 Å². The summed E-state index contributed by atoms with van der Waals surface area (Å²) in [6.07, 6.45) is 3.12. The number of hydrogen-bond acceptors (Lipinski definition) is 4. The Hall–Kier alpha value is -0.680. The molecule has 12 heavy (non-hydrogen) atoms. The maximum absolute atomic E-state index is 9.07. The van der Waals surface area contributed by atoms with E-state index in [9.17, 15) is 0 Å². The molecule has 3 N–H and O–H groups in total. The van der Waals surface area contributed by atoms with Gasteiger partial charge in [-0.3, -0.25) is 4.99 Å². The van der Waals surface area contributed by atoms with Crippen LogP contribution in [0.3, 0.4) is 0 Å². The highest BCUT2D eigenvalue weighted by Crippen LogP contribution is 1.96. The Kier molecular flexibility index (Phi) is 6.60. The van der Waals surface area contributed by atoms with Crippen molar-refractivity contribution in [2.45, 2.75) is 6.92 Å². The largest absolute Gasteiger partial charge is 0.495 e. The summed E-state index contributed by atoms with van der Waals surface area (Å²) in [5.74, 6) is -0.0703. The summed E-state index contributed by atoms with van der Waals surface area (Å²) in [7, 11) is 0. The Morgan fingerprint density at radius 2 is 2.33 bits per heavy atom. The summed E-state index contributed by atoms with van der Waals surface area (Å²) in [4.78, 5) is 4.05. The fourth-order valence-corrected chi connectivity index (χ4v) is 1.01. The normalized spacial score (nSPS) is 13.2. The molecule has 5 heteroatoms. The van der Waals surface area contributed by atoms with Crippen LogP contribution in [0.25, 0.3) is 0 Å². The molecule has 4 nitrogen and oxygen atoms in total. The van der Waals surface area contributed by atoms with E-state index < -0.39 is 0 Å². The molecule has 0 fully saturated rings. The lowest BCUT2D eigenvalue weighted by molar-refractivity contribution is 0.324. The maximum Gasteiger partial charge on any atom is 0.188 e. The molecule has 0 aromatic heterocycles. The van der Waals surface area contributed by atoms with Crippen molar-refractivity contribution in [3.8, 4) is 0 Å². The van der Waals surface area contributed by atoms with Crippen LogP contribution in [0.1, 0.15) is 6.92 Å². The number of aliphatic imine (C=N–C) groups is 1. The second-order valence-electron chi connectivity index (χ2n) is 1.88. The van der Waals surface area contributed by atoms with E-state index in [4.69, 9.17) is 10.2 Å². The highest BCUT2D eigenvalue weighted by atomic mass is 32.2. The Labute approximate surface area is 76.4 Å². The maximum atomic E-state index is 9.07. The lowest BCUT2D eigenvalue weighted by atomic mass is 10.6. The molecule has 0 bridgehead atoms. The van der Waals surface area contributed by atoms with Gasteiger partial charge >= 0.3 is 0 Å². The van der Waals surface area contributed by atoms with Gasteiger partial charge in [0.2, 0.25) is 0 Å². The Morgan fingerprint density at radius 3 is 2.75 bits per heavy atom. The predicted molar refractivity (Wildman–Crippen MR) is 52.4 cm³/mol. The quantitative estimate of drug-likeness (QED) is 0.348. The molecule has 0 aromatic rings. The van der Waals surface area contributed by atoms with Crippen LogP contribution in [0.15, 0.2) is 17.0 Å². The number of amidine groups is 1. The number of hydrogen-bond donors (Lipinski definition) is 3. The number of rotatable bonds is 3. The molecule has 0 unspecified atom stereocenters. The Bertz CT molecular complexity index is 180. The lowest BCUT2D eigenvalue weighted by Gasteiger charge is -2.04. The molecule has 0 aromatic carbocycles. The molecule has 0 aliphatic carbocycles. The minimum atomic E-state index is -0.188. The summed E-state index contributed by atoms with van der Waals surface area (Å²) in [5.41, 5.74) is 0. The first kappa shape index (κ1) is 11.3. The molecular weight excluding hydrogens is 176 g/mol. The standard InChI is InChI=1S/C7H14N2O2S/c1-3-8-7(12-2)9-6(11)4-5-10/h4,10-11H,3,5H2,1-2H3,(H,8,9)/b6-4+. The fraction of sp³-hybridized carbons (Fsp3) is 0.571. The van der Waals surface area contributed by atoms with Gasteiger partial charge in [-0.15, -0.1) is 0 Å². The van der Waals surface area contributed by atoms with Crippen LogP contribution in [-0.4, -0.2) is 34.8 Å². The monoisotopic (exact) mass is 190 g/mol. The predicted octanol–water partition coefficient (Wildman–Crippen LogP) is 0.707. The smallest absolute Gasteiger partial charge is 0.188 e. The first-order valence-electron chi connectivity index (χ1n) is 3.60. The van der Waals surface area contributed by atoms with E-state index in [0.717, 1.165) is 0 Å². The highest BCUT2D eigenvalue weighted by molar-refractivity contribution is 8.13. The van der Waals surface area contributed by atoms with Crippen LogP contribution in [-0.2, 0) is 0 Å². The van der Waals surface area contributed by atoms with Crippen molar-refractivity contribution in [1.82, 2.24) is 5.32 Å². The van der Waals surface area contributed by atoms with Crippen LogP contribution >= 0.6 is 11.8 Å². The second-order valence-corrected chi connectivity index (χ2v) is 2.68. The van der Waals surface area contributed by atoms with Gasteiger partial charge in [-0.05, 0) is 13.2 Å². The third-order valence-corrected chi connectivity index (χ3v) is 1.63.